The summed E-state index contributed by atoms with van der Waals surface area (Å²) < 4.78 is 34.2. The Kier molecular flexibility index (Phi) is 7.20. The average molecular weight is 409 g/mol. The van der Waals surface area contributed by atoms with Crippen LogP contribution in [-0.2, 0) is 38.0 Å². The molecule has 7 atom stereocenters. The van der Waals surface area contributed by atoms with Crippen molar-refractivity contribution in [3.05, 3.63) is 35.9 Å². The first kappa shape index (κ1) is 21.7. The second kappa shape index (κ2) is 9.64. The highest BCUT2D eigenvalue weighted by molar-refractivity contribution is 5.74. The number of esters is 1. The van der Waals surface area contributed by atoms with Crippen molar-refractivity contribution in [2.75, 3.05) is 20.8 Å². The predicted molar refractivity (Wildman–Crippen MR) is 99.6 cm³/mol. The second-order valence-electron chi connectivity index (χ2n) is 6.95. The van der Waals surface area contributed by atoms with Gasteiger partial charge in [0.1, 0.15) is 24.4 Å². The zero-order valence-corrected chi connectivity index (χ0v) is 16.9. The van der Waals surface area contributed by atoms with Crippen molar-refractivity contribution in [1.29, 1.82) is 0 Å². The van der Waals surface area contributed by atoms with Crippen molar-refractivity contribution in [3.63, 3.8) is 0 Å². The van der Waals surface area contributed by atoms with Crippen molar-refractivity contribution in [2.24, 2.45) is 0 Å². The molecule has 1 N–H and O–H groups in total. The highest BCUT2D eigenvalue weighted by Crippen LogP contribution is 2.36. The van der Waals surface area contributed by atoms with E-state index in [1.165, 1.54) is 21.1 Å². The van der Waals surface area contributed by atoms with Crippen molar-refractivity contribution in [2.45, 2.75) is 56.9 Å². The number of methoxy groups -OCH3 is 2. The van der Waals surface area contributed by atoms with Gasteiger partial charge in [-0.3, -0.25) is 4.79 Å². The fourth-order valence-electron chi connectivity index (χ4n) is 3.56. The number of carbonyl (C=O) groups excluding carboxylic acids is 2. The van der Waals surface area contributed by atoms with Gasteiger partial charge in [-0.15, -0.1) is 0 Å². The number of hydrogen-bond donors (Lipinski definition) is 1. The quantitative estimate of drug-likeness (QED) is 0.693. The molecule has 3 rings (SSSR count). The highest BCUT2D eigenvalue weighted by atomic mass is 16.7. The molecule has 0 aromatic heterocycles. The summed E-state index contributed by atoms with van der Waals surface area (Å²) in [6.07, 6.45) is -4.14. The Morgan fingerprint density at radius 1 is 1.17 bits per heavy atom. The summed E-state index contributed by atoms with van der Waals surface area (Å²) in [6, 6.07) is 8.77. The second-order valence-corrected chi connectivity index (χ2v) is 6.95. The van der Waals surface area contributed by atoms with Gasteiger partial charge in [-0.1, -0.05) is 30.3 Å². The monoisotopic (exact) mass is 409 g/mol. The summed E-state index contributed by atoms with van der Waals surface area (Å²) >= 11 is 0. The minimum atomic E-state index is -0.876. The van der Waals surface area contributed by atoms with E-state index in [0.29, 0.717) is 0 Å². The summed E-state index contributed by atoms with van der Waals surface area (Å²) in [5.74, 6) is -0.819. The van der Waals surface area contributed by atoms with Gasteiger partial charge in [0.05, 0.1) is 13.7 Å². The molecule has 1 unspecified atom stereocenters. The van der Waals surface area contributed by atoms with Crippen LogP contribution in [0.4, 0.5) is 0 Å². The molecule has 0 aliphatic carbocycles. The number of benzene rings is 1. The van der Waals surface area contributed by atoms with Crippen LogP contribution in [0.25, 0.3) is 0 Å². The molecule has 160 valence electrons. The fourth-order valence-corrected chi connectivity index (χ4v) is 3.56. The lowest BCUT2D eigenvalue weighted by Crippen LogP contribution is -2.67. The largest absolute Gasteiger partial charge is 0.467 e. The molecule has 1 aromatic carbocycles. The number of carbonyl (C=O) groups is 2. The molecule has 29 heavy (non-hydrogen) atoms. The van der Waals surface area contributed by atoms with E-state index in [2.05, 4.69) is 5.32 Å². The molecular formula is C20H27NO8. The Morgan fingerprint density at radius 2 is 1.90 bits per heavy atom. The third-order valence-corrected chi connectivity index (χ3v) is 4.91. The average Bonchev–Trinajstić information content (AvgIpc) is 2.74. The van der Waals surface area contributed by atoms with Crippen LogP contribution in [0.15, 0.2) is 30.3 Å². The highest BCUT2D eigenvalue weighted by Gasteiger charge is 2.52. The Hall–Kier alpha value is -2.04. The first-order valence-electron chi connectivity index (χ1n) is 9.45. The lowest BCUT2D eigenvalue weighted by atomic mass is 9.95. The molecule has 0 spiro atoms. The van der Waals surface area contributed by atoms with Gasteiger partial charge in [0, 0.05) is 19.6 Å². The number of fused-ring (bicyclic) bond motifs is 1. The zero-order valence-electron chi connectivity index (χ0n) is 16.9. The Bertz CT molecular complexity index is 699. The molecule has 0 bridgehead atoms. The molecule has 2 saturated heterocycles. The molecule has 9 heteroatoms. The maximum Gasteiger partial charge on any atom is 0.334 e. The molecule has 1 amide bonds. The fraction of sp³-hybridized carbons (Fsp3) is 0.600. The molecule has 2 aliphatic heterocycles. The molecule has 0 radical (unpaired) electrons. The van der Waals surface area contributed by atoms with Crippen LogP contribution in [0.5, 0.6) is 0 Å². The maximum atomic E-state index is 11.9. The molecule has 0 saturated carbocycles. The van der Waals surface area contributed by atoms with E-state index in [4.69, 9.17) is 28.4 Å². The summed E-state index contributed by atoms with van der Waals surface area (Å²) in [7, 11) is 2.76. The van der Waals surface area contributed by atoms with Crippen LogP contribution in [0.1, 0.15) is 25.7 Å². The lowest BCUT2D eigenvalue weighted by molar-refractivity contribution is -0.347. The smallest absolute Gasteiger partial charge is 0.334 e. The van der Waals surface area contributed by atoms with Crippen LogP contribution < -0.4 is 5.32 Å². The van der Waals surface area contributed by atoms with Gasteiger partial charge in [-0.05, 0) is 6.92 Å². The SMILES string of the molecule is COC(=O)C(C)O[C@@H]1[C@@H](NC(C)=O)[C@@H](OC)O[C@@H]2CO[C@@H](c3ccccc3)O[C@@H]12. The first-order valence-corrected chi connectivity index (χ1v) is 9.45. The van der Waals surface area contributed by atoms with Crippen molar-refractivity contribution < 1.29 is 38.0 Å². The Labute approximate surface area is 169 Å². The molecule has 2 aliphatic rings. The van der Waals surface area contributed by atoms with Gasteiger partial charge >= 0.3 is 5.97 Å². The van der Waals surface area contributed by atoms with E-state index in [9.17, 15) is 9.59 Å². The molecular weight excluding hydrogens is 382 g/mol. The number of rotatable bonds is 6. The van der Waals surface area contributed by atoms with E-state index in [-0.39, 0.29) is 12.5 Å². The lowest BCUT2D eigenvalue weighted by Gasteiger charge is -2.49. The van der Waals surface area contributed by atoms with Gasteiger partial charge in [0.25, 0.3) is 0 Å². The third-order valence-electron chi connectivity index (χ3n) is 4.91. The van der Waals surface area contributed by atoms with Gasteiger partial charge in [0.15, 0.2) is 18.7 Å². The van der Waals surface area contributed by atoms with Crippen molar-refractivity contribution in [1.82, 2.24) is 5.32 Å². The number of hydrogen-bond acceptors (Lipinski definition) is 8. The summed E-state index contributed by atoms with van der Waals surface area (Å²) in [5.41, 5.74) is 0.843. The van der Waals surface area contributed by atoms with Gasteiger partial charge in [0.2, 0.25) is 5.91 Å². The normalized spacial score (nSPS) is 32.7. The third kappa shape index (κ3) is 4.93. The van der Waals surface area contributed by atoms with Gasteiger partial charge < -0.3 is 33.7 Å². The van der Waals surface area contributed by atoms with E-state index in [1.54, 1.807) is 6.92 Å². The topological polar surface area (TPSA) is 102 Å². The van der Waals surface area contributed by atoms with Gasteiger partial charge in [-0.2, -0.15) is 0 Å². The predicted octanol–water partition coefficient (Wildman–Crippen LogP) is 0.923. The Balaban J connectivity index is 1.88. The molecule has 2 heterocycles. The maximum absolute atomic E-state index is 11.9. The summed E-state index contributed by atoms with van der Waals surface area (Å²) in [6.45, 7) is 3.21. The Morgan fingerprint density at radius 3 is 2.52 bits per heavy atom. The van der Waals surface area contributed by atoms with Gasteiger partial charge in [-0.25, -0.2) is 4.79 Å². The van der Waals surface area contributed by atoms with Crippen LogP contribution in [0.3, 0.4) is 0 Å². The zero-order chi connectivity index (χ0) is 21.0. The summed E-state index contributed by atoms with van der Waals surface area (Å²) in [4.78, 5) is 23.8. The number of nitrogens with one attached hydrogen (secondary N) is 1. The molecule has 1 aromatic rings. The minimum absolute atomic E-state index is 0.239. The van der Waals surface area contributed by atoms with Crippen LogP contribution in [0.2, 0.25) is 0 Å². The van der Waals surface area contributed by atoms with Crippen LogP contribution >= 0.6 is 0 Å². The minimum Gasteiger partial charge on any atom is -0.467 e. The first-order chi connectivity index (χ1) is 13.9. The van der Waals surface area contributed by atoms with E-state index < -0.39 is 49.0 Å². The van der Waals surface area contributed by atoms with Crippen LogP contribution in [0, 0.1) is 0 Å². The number of amides is 1. The standard InChI is InChI=1S/C20H27NO8/c1-11(18(23)24-3)27-17-15(21-12(2)22)20(25-4)28-14-10-26-19(29-16(14)17)13-8-6-5-7-9-13/h5-9,11,14-17,19-20H,10H2,1-4H3,(H,21,22)/t11?,14-,15-,16-,17-,19-,20+/m1/s1. The molecule has 2 fully saturated rings. The van der Waals surface area contributed by atoms with Crippen molar-refractivity contribution >= 4 is 11.9 Å². The summed E-state index contributed by atoms with van der Waals surface area (Å²) in [5, 5.41) is 2.80. The van der Waals surface area contributed by atoms with E-state index in [1.807, 2.05) is 30.3 Å². The van der Waals surface area contributed by atoms with E-state index in [0.717, 1.165) is 5.56 Å². The number of ether oxygens (including phenoxy) is 6. The van der Waals surface area contributed by atoms with Crippen LogP contribution in [-0.4, -0.2) is 69.5 Å². The molecule has 9 nitrogen and oxygen atoms in total. The van der Waals surface area contributed by atoms with Crippen molar-refractivity contribution in [3.8, 4) is 0 Å². The van der Waals surface area contributed by atoms with E-state index >= 15 is 0 Å².